The van der Waals surface area contributed by atoms with Crippen molar-refractivity contribution in [3.63, 3.8) is 0 Å². The molecule has 0 spiro atoms. The first-order chi connectivity index (χ1) is 13.0. The van der Waals surface area contributed by atoms with E-state index < -0.39 is 0 Å². The van der Waals surface area contributed by atoms with Gasteiger partial charge in [-0.25, -0.2) is 0 Å². The third-order valence-electron chi connectivity index (χ3n) is 4.43. The highest BCUT2D eigenvalue weighted by atomic mass is 16.4. The summed E-state index contributed by atoms with van der Waals surface area (Å²) in [6.07, 6.45) is 2.66. The zero-order valence-corrected chi connectivity index (χ0v) is 15.2. The minimum absolute atomic E-state index is 0.188. The van der Waals surface area contributed by atoms with Gasteiger partial charge in [0.1, 0.15) is 6.07 Å². The molecule has 0 saturated carbocycles. The Morgan fingerprint density at radius 1 is 1.33 bits per heavy atom. The maximum Gasteiger partial charge on any atom is 0.266 e. The fourth-order valence-corrected chi connectivity index (χ4v) is 2.82. The lowest BCUT2D eigenvalue weighted by Gasteiger charge is -2.30. The monoisotopic (exact) mass is 371 g/mol. The second-order valence-corrected chi connectivity index (χ2v) is 6.66. The molecule has 0 radical (unpaired) electrons. The first kappa shape index (κ1) is 18.5. The number of nitriles is 1. The second kappa shape index (κ2) is 7.95. The summed E-state index contributed by atoms with van der Waals surface area (Å²) in [7, 11) is 0. The lowest BCUT2D eigenvalue weighted by atomic mass is 9.96. The van der Waals surface area contributed by atoms with Crippen LogP contribution in [-0.4, -0.2) is 29.9 Å². The van der Waals surface area contributed by atoms with E-state index in [0.29, 0.717) is 37.6 Å². The summed E-state index contributed by atoms with van der Waals surface area (Å²) < 4.78 is 11.0. The maximum absolute atomic E-state index is 12.2. The fourth-order valence-electron chi connectivity index (χ4n) is 2.82. The molecule has 9 nitrogen and oxygen atoms in total. The second-order valence-electron chi connectivity index (χ2n) is 6.66. The topological polar surface area (TPSA) is 124 Å². The molecule has 0 bridgehead atoms. The predicted molar refractivity (Wildman–Crippen MR) is 95.0 cm³/mol. The molecule has 0 atom stereocenters. The summed E-state index contributed by atoms with van der Waals surface area (Å²) in [5.41, 5.74) is 5.09. The van der Waals surface area contributed by atoms with Gasteiger partial charge >= 0.3 is 0 Å². The van der Waals surface area contributed by atoms with Crippen molar-refractivity contribution in [3.05, 3.63) is 24.1 Å². The van der Waals surface area contributed by atoms with Crippen molar-refractivity contribution < 1.29 is 18.4 Å². The number of nitrogens with one attached hydrogen (secondary N) is 2. The van der Waals surface area contributed by atoms with Crippen molar-refractivity contribution in [3.8, 4) is 17.7 Å². The van der Waals surface area contributed by atoms with Gasteiger partial charge in [0.2, 0.25) is 23.4 Å². The van der Waals surface area contributed by atoms with E-state index in [9.17, 15) is 14.9 Å². The number of aromatic nitrogens is 1. The molecule has 0 aromatic carbocycles. The molecule has 0 unspecified atom stereocenters. The first-order valence-electron chi connectivity index (χ1n) is 8.79. The number of hydrogen-bond acceptors (Lipinski definition) is 7. The fraction of sp³-hybridized carbons (Fsp3) is 0.444. The Morgan fingerprint density at radius 2 is 2.07 bits per heavy atom. The van der Waals surface area contributed by atoms with Gasteiger partial charge in [-0.05, 0) is 25.0 Å². The Hall–Kier alpha value is -3.28. The number of carbonyl (C=O) groups is 2. The zero-order chi connectivity index (χ0) is 19.4. The normalized spacial score (nSPS) is 14.8. The molecule has 2 amide bonds. The molecule has 2 aromatic heterocycles. The van der Waals surface area contributed by atoms with Crippen molar-refractivity contribution in [2.75, 3.05) is 18.0 Å². The van der Waals surface area contributed by atoms with Gasteiger partial charge < -0.3 is 13.7 Å². The number of hydrogen-bond donors (Lipinski definition) is 2. The van der Waals surface area contributed by atoms with E-state index in [1.54, 1.807) is 26.0 Å². The number of hydrazine groups is 1. The Bertz CT molecular complexity index is 842. The van der Waals surface area contributed by atoms with Gasteiger partial charge in [-0.15, -0.1) is 0 Å². The summed E-state index contributed by atoms with van der Waals surface area (Å²) >= 11 is 0. The number of furan rings is 1. The van der Waals surface area contributed by atoms with Crippen LogP contribution in [0, 0.1) is 23.2 Å². The molecular weight excluding hydrogens is 350 g/mol. The van der Waals surface area contributed by atoms with E-state index in [-0.39, 0.29) is 35.2 Å². The van der Waals surface area contributed by atoms with Gasteiger partial charge in [0.05, 0.1) is 6.26 Å². The molecule has 2 N–H and O–H groups in total. The average molecular weight is 371 g/mol. The molecule has 1 aliphatic rings. The molecule has 9 heteroatoms. The number of amides is 2. The Balaban J connectivity index is 1.60. The zero-order valence-electron chi connectivity index (χ0n) is 15.2. The SMILES string of the molecule is CC(C)C(=O)NNC(=O)C1CCN(c2oc(-c3ccco3)nc2C#N)CC1. The van der Waals surface area contributed by atoms with Crippen LogP contribution in [0.1, 0.15) is 32.4 Å². The van der Waals surface area contributed by atoms with E-state index >= 15 is 0 Å². The summed E-state index contributed by atoms with van der Waals surface area (Å²) in [5.74, 6) is 0.231. The highest BCUT2D eigenvalue weighted by Gasteiger charge is 2.29. The molecule has 3 rings (SSSR count). The smallest absolute Gasteiger partial charge is 0.266 e. The third kappa shape index (κ3) is 4.11. The first-order valence-corrected chi connectivity index (χ1v) is 8.79. The lowest BCUT2D eigenvalue weighted by Crippen LogP contribution is -2.48. The third-order valence-corrected chi connectivity index (χ3v) is 4.43. The number of carbonyl (C=O) groups excluding carboxylic acids is 2. The molecule has 2 aromatic rings. The maximum atomic E-state index is 12.2. The van der Waals surface area contributed by atoms with Gasteiger partial charge in [-0.3, -0.25) is 20.4 Å². The van der Waals surface area contributed by atoms with Crippen LogP contribution in [-0.2, 0) is 9.59 Å². The van der Waals surface area contributed by atoms with Crippen LogP contribution in [0.15, 0.2) is 27.2 Å². The molecule has 27 heavy (non-hydrogen) atoms. The number of oxazole rings is 1. The van der Waals surface area contributed by atoms with E-state index in [1.165, 1.54) is 6.26 Å². The molecule has 1 aliphatic heterocycles. The van der Waals surface area contributed by atoms with Crippen LogP contribution in [0.5, 0.6) is 0 Å². The number of anilines is 1. The van der Waals surface area contributed by atoms with Crippen molar-refractivity contribution in [1.82, 2.24) is 15.8 Å². The Labute approximate surface area is 156 Å². The van der Waals surface area contributed by atoms with Gasteiger partial charge in [-0.1, -0.05) is 13.8 Å². The Morgan fingerprint density at radius 3 is 2.67 bits per heavy atom. The summed E-state index contributed by atoms with van der Waals surface area (Å²) in [4.78, 5) is 29.8. The van der Waals surface area contributed by atoms with Crippen LogP contribution >= 0.6 is 0 Å². The summed E-state index contributed by atoms with van der Waals surface area (Å²) in [6, 6.07) is 5.46. The van der Waals surface area contributed by atoms with Crippen LogP contribution in [0.2, 0.25) is 0 Å². The number of rotatable bonds is 4. The predicted octanol–water partition coefficient (Wildman–Crippen LogP) is 1.83. The van der Waals surface area contributed by atoms with Crippen molar-refractivity contribution in [2.24, 2.45) is 11.8 Å². The molecule has 142 valence electrons. The molecule has 3 heterocycles. The minimum atomic E-state index is -0.230. The highest BCUT2D eigenvalue weighted by molar-refractivity contribution is 5.84. The van der Waals surface area contributed by atoms with Gasteiger partial charge in [0, 0.05) is 24.9 Å². The van der Waals surface area contributed by atoms with E-state index in [1.807, 2.05) is 11.0 Å². The van der Waals surface area contributed by atoms with Crippen LogP contribution < -0.4 is 15.8 Å². The van der Waals surface area contributed by atoms with E-state index in [2.05, 4.69) is 15.8 Å². The van der Waals surface area contributed by atoms with Gasteiger partial charge in [-0.2, -0.15) is 10.2 Å². The lowest BCUT2D eigenvalue weighted by molar-refractivity contribution is -0.132. The average Bonchev–Trinajstić information content (AvgIpc) is 3.35. The minimum Gasteiger partial charge on any atom is -0.459 e. The Kier molecular flexibility index (Phi) is 5.45. The van der Waals surface area contributed by atoms with Crippen LogP contribution in [0.25, 0.3) is 11.7 Å². The van der Waals surface area contributed by atoms with E-state index in [0.717, 1.165) is 0 Å². The van der Waals surface area contributed by atoms with Crippen LogP contribution in [0.4, 0.5) is 5.88 Å². The largest absolute Gasteiger partial charge is 0.459 e. The van der Waals surface area contributed by atoms with Gasteiger partial charge in [0.25, 0.3) is 5.89 Å². The van der Waals surface area contributed by atoms with Crippen LogP contribution in [0.3, 0.4) is 0 Å². The summed E-state index contributed by atoms with van der Waals surface area (Å²) in [6.45, 7) is 4.58. The van der Waals surface area contributed by atoms with Crippen molar-refractivity contribution >= 4 is 17.7 Å². The van der Waals surface area contributed by atoms with E-state index in [4.69, 9.17) is 8.83 Å². The quantitative estimate of drug-likeness (QED) is 0.786. The molecule has 1 saturated heterocycles. The number of piperidine rings is 1. The molecule has 1 fully saturated rings. The number of nitrogens with zero attached hydrogens (tertiary/aromatic N) is 3. The van der Waals surface area contributed by atoms with Crippen molar-refractivity contribution in [1.29, 1.82) is 5.26 Å². The molecular formula is C18H21N5O4. The standard InChI is InChI=1S/C18H21N5O4/c1-11(2)15(24)21-22-16(25)12-5-7-23(8-6-12)18-13(10-19)20-17(27-18)14-4-3-9-26-14/h3-4,9,11-12H,5-8H2,1-2H3,(H,21,24)(H,22,25). The van der Waals surface area contributed by atoms with Crippen molar-refractivity contribution in [2.45, 2.75) is 26.7 Å². The molecule has 0 aliphatic carbocycles. The highest BCUT2D eigenvalue weighted by Crippen LogP contribution is 2.31. The van der Waals surface area contributed by atoms with Gasteiger partial charge in [0.15, 0.2) is 5.76 Å². The summed E-state index contributed by atoms with van der Waals surface area (Å²) in [5, 5.41) is 9.33.